The van der Waals surface area contributed by atoms with E-state index in [4.69, 9.17) is 9.47 Å². The smallest absolute Gasteiger partial charge is 0.410 e. The lowest BCUT2D eigenvalue weighted by Gasteiger charge is -2.38. The van der Waals surface area contributed by atoms with E-state index >= 15 is 0 Å². The Morgan fingerprint density at radius 1 is 1.25 bits per heavy atom. The summed E-state index contributed by atoms with van der Waals surface area (Å²) in [5.74, 6) is 0.393. The molecular weight excluding hydrogens is 313 g/mol. The summed E-state index contributed by atoms with van der Waals surface area (Å²) < 4.78 is 25.0. The first-order valence-electron chi connectivity index (χ1n) is 8.26. The number of hydrogen-bond acceptors (Lipinski definition) is 5. The molecule has 1 fully saturated rings. The Hall–Kier alpha value is -2.18. The van der Waals surface area contributed by atoms with Gasteiger partial charge < -0.3 is 24.6 Å². The van der Waals surface area contributed by atoms with Crippen LogP contribution in [0.25, 0.3) is 0 Å². The molecular formula is C17H24FN3O3. The van der Waals surface area contributed by atoms with Gasteiger partial charge in [-0.3, -0.25) is 0 Å². The van der Waals surface area contributed by atoms with E-state index in [0.717, 1.165) is 5.69 Å². The molecule has 0 radical (unpaired) electrons. The number of carbonyl (C=O) groups excluding carboxylic acids is 1. The number of ether oxygens (including phenoxy) is 2. The maximum absolute atomic E-state index is 13.9. The summed E-state index contributed by atoms with van der Waals surface area (Å²) in [4.78, 5) is 15.9. The average molecular weight is 337 g/mol. The second-order valence-corrected chi connectivity index (χ2v) is 7.03. The Labute approximate surface area is 141 Å². The molecule has 24 heavy (non-hydrogen) atoms. The van der Waals surface area contributed by atoms with Crippen LogP contribution in [-0.2, 0) is 4.74 Å². The zero-order valence-corrected chi connectivity index (χ0v) is 14.4. The third kappa shape index (κ3) is 3.66. The summed E-state index contributed by atoms with van der Waals surface area (Å²) in [6.45, 7) is 9.07. The molecule has 1 aromatic rings. The van der Waals surface area contributed by atoms with Crippen molar-refractivity contribution >= 4 is 17.5 Å². The van der Waals surface area contributed by atoms with Crippen molar-refractivity contribution in [3.8, 4) is 5.75 Å². The minimum Gasteiger partial charge on any atom is -0.487 e. The molecule has 0 unspecified atom stereocenters. The monoisotopic (exact) mass is 337 g/mol. The summed E-state index contributed by atoms with van der Waals surface area (Å²) in [5.41, 5.74) is 0.918. The molecule has 0 aliphatic carbocycles. The van der Waals surface area contributed by atoms with Crippen LogP contribution in [0.15, 0.2) is 12.1 Å². The number of fused-ring (bicyclic) bond motifs is 1. The number of anilines is 2. The van der Waals surface area contributed by atoms with Crippen LogP contribution < -0.4 is 15.0 Å². The van der Waals surface area contributed by atoms with E-state index in [2.05, 4.69) is 10.2 Å². The lowest BCUT2D eigenvalue weighted by atomic mass is 10.2. The highest BCUT2D eigenvalue weighted by Gasteiger charge is 2.28. The van der Waals surface area contributed by atoms with Gasteiger partial charge in [0.05, 0.1) is 11.4 Å². The number of nitrogens with one attached hydrogen (secondary N) is 1. The van der Waals surface area contributed by atoms with Gasteiger partial charge in [0.25, 0.3) is 0 Å². The minimum absolute atomic E-state index is 0.295. The molecule has 6 nitrogen and oxygen atoms in total. The predicted molar refractivity (Wildman–Crippen MR) is 90.4 cm³/mol. The van der Waals surface area contributed by atoms with Crippen LogP contribution in [0.4, 0.5) is 20.6 Å². The number of carbonyl (C=O) groups is 1. The van der Waals surface area contributed by atoms with Crippen molar-refractivity contribution in [3.05, 3.63) is 17.9 Å². The molecule has 132 valence electrons. The van der Waals surface area contributed by atoms with Gasteiger partial charge >= 0.3 is 6.09 Å². The first-order valence-corrected chi connectivity index (χ1v) is 8.26. The van der Waals surface area contributed by atoms with Gasteiger partial charge in [0.1, 0.15) is 18.0 Å². The molecule has 3 rings (SSSR count). The van der Waals surface area contributed by atoms with Crippen molar-refractivity contribution in [2.24, 2.45) is 0 Å². The van der Waals surface area contributed by atoms with E-state index in [1.807, 2.05) is 20.8 Å². The SMILES string of the molecule is CC(C)(C)OC(=O)N1CCN(c2cc(F)cc3c2OCCN3)CC1. The number of hydrogen-bond donors (Lipinski definition) is 1. The number of amides is 1. The second kappa shape index (κ2) is 6.37. The molecule has 0 bridgehead atoms. The fourth-order valence-electron chi connectivity index (χ4n) is 2.89. The first-order chi connectivity index (χ1) is 11.3. The largest absolute Gasteiger partial charge is 0.487 e. The molecule has 1 aromatic carbocycles. The Morgan fingerprint density at radius 3 is 2.62 bits per heavy atom. The van der Waals surface area contributed by atoms with Crippen molar-refractivity contribution in [2.75, 3.05) is 49.5 Å². The quantitative estimate of drug-likeness (QED) is 0.854. The molecule has 0 saturated carbocycles. The van der Waals surface area contributed by atoms with E-state index in [1.165, 1.54) is 12.1 Å². The Morgan fingerprint density at radius 2 is 1.96 bits per heavy atom. The summed E-state index contributed by atoms with van der Waals surface area (Å²) in [5, 5.41) is 3.16. The molecule has 2 aliphatic heterocycles. The standard InChI is InChI=1S/C17H24FN3O3/c1-17(2,3)24-16(22)21-7-5-20(6-8-21)14-11-12(18)10-13-15(14)23-9-4-19-13/h10-11,19H,4-9H2,1-3H3. The van der Waals surface area contributed by atoms with Crippen LogP contribution in [0.1, 0.15) is 20.8 Å². The molecule has 0 spiro atoms. The zero-order chi connectivity index (χ0) is 17.3. The summed E-state index contributed by atoms with van der Waals surface area (Å²) in [7, 11) is 0. The fourth-order valence-corrected chi connectivity index (χ4v) is 2.89. The third-order valence-corrected chi connectivity index (χ3v) is 3.97. The van der Waals surface area contributed by atoms with E-state index < -0.39 is 5.60 Å². The molecule has 1 saturated heterocycles. The number of piperazine rings is 1. The molecule has 1 amide bonds. The molecule has 7 heteroatoms. The van der Waals surface area contributed by atoms with Crippen molar-refractivity contribution in [2.45, 2.75) is 26.4 Å². The van der Waals surface area contributed by atoms with Crippen molar-refractivity contribution in [3.63, 3.8) is 0 Å². The lowest BCUT2D eigenvalue weighted by Crippen LogP contribution is -2.50. The van der Waals surface area contributed by atoms with Crippen LogP contribution in [0, 0.1) is 5.82 Å². The summed E-state index contributed by atoms with van der Waals surface area (Å²) in [6, 6.07) is 2.95. The second-order valence-electron chi connectivity index (χ2n) is 7.03. The number of benzene rings is 1. The lowest BCUT2D eigenvalue weighted by molar-refractivity contribution is 0.0240. The van der Waals surface area contributed by atoms with E-state index in [1.54, 1.807) is 4.90 Å². The van der Waals surface area contributed by atoms with E-state index in [0.29, 0.717) is 50.8 Å². The maximum atomic E-state index is 13.9. The molecule has 2 aliphatic rings. The number of rotatable bonds is 1. The number of halogens is 1. The molecule has 0 atom stereocenters. The summed E-state index contributed by atoms with van der Waals surface area (Å²) >= 11 is 0. The minimum atomic E-state index is -0.505. The number of nitrogens with zero attached hydrogens (tertiary/aromatic N) is 2. The van der Waals surface area contributed by atoms with Gasteiger partial charge in [-0.2, -0.15) is 0 Å². The van der Waals surface area contributed by atoms with Crippen LogP contribution in [0.3, 0.4) is 0 Å². The van der Waals surface area contributed by atoms with Gasteiger partial charge in [-0.25, -0.2) is 9.18 Å². The molecule has 2 heterocycles. The van der Waals surface area contributed by atoms with Crippen molar-refractivity contribution < 1.29 is 18.7 Å². The van der Waals surface area contributed by atoms with Gasteiger partial charge in [-0.1, -0.05) is 0 Å². The maximum Gasteiger partial charge on any atom is 0.410 e. The predicted octanol–water partition coefficient (Wildman–Crippen LogP) is 2.69. The van der Waals surface area contributed by atoms with Crippen molar-refractivity contribution in [1.29, 1.82) is 0 Å². The zero-order valence-electron chi connectivity index (χ0n) is 14.4. The van der Waals surface area contributed by atoms with Crippen molar-refractivity contribution in [1.82, 2.24) is 4.90 Å². The Bertz CT molecular complexity index is 622. The molecule has 1 N–H and O–H groups in total. The Balaban J connectivity index is 1.69. The van der Waals surface area contributed by atoms with Crippen LogP contribution in [-0.4, -0.2) is 55.9 Å². The highest BCUT2D eigenvalue weighted by atomic mass is 19.1. The van der Waals surface area contributed by atoms with Crippen LogP contribution >= 0.6 is 0 Å². The highest BCUT2D eigenvalue weighted by Crippen LogP contribution is 2.39. The van der Waals surface area contributed by atoms with Gasteiger partial charge in [-0.15, -0.1) is 0 Å². The Kier molecular flexibility index (Phi) is 4.43. The van der Waals surface area contributed by atoms with E-state index in [-0.39, 0.29) is 11.9 Å². The van der Waals surface area contributed by atoms with Gasteiger partial charge in [0.15, 0.2) is 5.75 Å². The topological polar surface area (TPSA) is 54.0 Å². The highest BCUT2D eigenvalue weighted by molar-refractivity contribution is 5.74. The van der Waals surface area contributed by atoms with Gasteiger partial charge in [-0.05, 0) is 20.8 Å². The average Bonchev–Trinajstić information content (AvgIpc) is 2.52. The van der Waals surface area contributed by atoms with Crippen LogP contribution in [0.5, 0.6) is 5.75 Å². The van der Waals surface area contributed by atoms with Crippen LogP contribution in [0.2, 0.25) is 0 Å². The third-order valence-electron chi connectivity index (χ3n) is 3.97. The van der Waals surface area contributed by atoms with E-state index in [9.17, 15) is 9.18 Å². The molecule has 0 aromatic heterocycles. The van der Waals surface area contributed by atoms with Gasteiger partial charge in [0.2, 0.25) is 0 Å². The van der Waals surface area contributed by atoms with Gasteiger partial charge in [0, 0.05) is 44.9 Å². The fraction of sp³-hybridized carbons (Fsp3) is 0.588. The first kappa shape index (κ1) is 16.7. The normalized spacial score (nSPS) is 17.7. The summed E-state index contributed by atoms with van der Waals surface area (Å²) in [6.07, 6.45) is -0.304.